The van der Waals surface area contributed by atoms with E-state index in [4.69, 9.17) is 10.5 Å². The van der Waals surface area contributed by atoms with Crippen LogP contribution in [0.5, 0.6) is 0 Å². The second kappa shape index (κ2) is 11.2. The average Bonchev–Trinajstić information content (AvgIpc) is 3.27. The molecule has 1 saturated heterocycles. The molecule has 0 spiro atoms. The number of nitrogens with one attached hydrogen (secondary N) is 2. The Bertz CT molecular complexity index is 1330. The Morgan fingerprint density at radius 1 is 1.43 bits per heavy atom. The van der Waals surface area contributed by atoms with Crippen LogP contribution in [0.3, 0.4) is 0 Å². The fourth-order valence-electron chi connectivity index (χ4n) is 3.31. The molecule has 0 aliphatic carbocycles. The van der Waals surface area contributed by atoms with Gasteiger partial charge in [-0.3, -0.25) is 29.1 Å². The van der Waals surface area contributed by atoms with E-state index in [2.05, 4.69) is 25.6 Å². The van der Waals surface area contributed by atoms with Crippen molar-refractivity contribution in [2.75, 3.05) is 12.8 Å². The number of ether oxygens (including phenoxy) is 1. The number of non-ortho nitro benzene ring substituents is 1. The molecule has 37 heavy (non-hydrogen) atoms. The summed E-state index contributed by atoms with van der Waals surface area (Å²) in [5, 5.41) is 20.3. The fourth-order valence-corrected chi connectivity index (χ4v) is 4.74. The summed E-state index contributed by atoms with van der Waals surface area (Å²) in [6.07, 6.45) is -1.41. The molecule has 0 bridgehead atoms. The lowest BCUT2D eigenvalue weighted by Gasteiger charge is -2.47. The third-order valence-corrected chi connectivity index (χ3v) is 6.51. The number of nitrogens with two attached hydrogens (primary N) is 1. The number of rotatable bonds is 12. The molecule has 198 valence electrons. The number of nitro groups is 1. The van der Waals surface area contributed by atoms with Crippen LogP contribution in [0, 0.1) is 10.1 Å². The molecule has 1 fully saturated rings. The van der Waals surface area contributed by atoms with Crippen LogP contribution in [0.4, 0.5) is 10.8 Å². The van der Waals surface area contributed by atoms with Crippen LogP contribution in [0.2, 0.25) is 0 Å². The largest absolute Gasteiger partial charge is 0.398 e. The van der Waals surface area contributed by atoms with Crippen molar-refractivity contribution < 1.29 is 41.9 Å². The van der Waals surface area contributed by atoms with Gasteiger partial charge in [-0.2, -0.15) is 8.42 Å². The molecule has 0 saturated carbocycles. The van der Waals surface area contributed by atoms with Crippen molar-refractivity contribution in [1.29, 1.82) is 0 Å². The van der Waals surface area contributed by atoms with Gasteiger partial charge in [0.2, 0.25) is 6.41 Å². The first kappa shape index (κ1) is 27.4. The van der Waals surface area contributed by atoms with Crippen LogP contribution in [-0.4, -0.2) is 76.5 Å². The van der Waals surface area contributed by atoms with Gasteiger partial charge in [-0.1, -0.05) is 5.16 Å². The number of oxime groups is 1. The van der Waals surface area contributed by atoms with Crippen LogP contribution in [-0.2, 0) is 40.9 Å². The number of β-lactam (4-membered cyclic amide) rings is 1. The molecule has 2 aromatic rings. The van der Waals surface area contributed by atoms with Gasteiger partial charge in [0.25, 0.3) is 17.5 Å². The van der Waals surface area contributed by atoms with Crippen molar-refractivity contribution in [3.8, 4) is 0 Å². The lowest BCUT2D eigenvalue weighted by Crippen LogP contribution is -2.77. The zero-order chi connectivity index (χ0) is 27.3. The Morgan fingerprint density at radius 2 is 2.11 bits per heavy atom. The van der Waals surface area contributed by atoms with Crippen LogP contribution >= 0.6 is 11.3 Å². The van der Waals surface area contributed by atoms with Gasteiger partial charge >= 0.3 is 10.3 Å². The second-order valence-electron chi connectivity index (χ2n) is 7.19. The molecule has 1 aromatic carbocycles. The van der Waals surface area contributed by atoms with Gasteiger partial charge in [-0.25, -0.2) is 9.29 Å². The van der Waals surface area contributed by atoms with Crippen LogP contribution in [0.15, 0.2) is 34.8 Å². The summed E-state index contributed by atoms with van der Waals surface area (Å²) in [5.74, 6) is -2.24. The van der Waals surface area contributed by atoms with E-state index in [1.165, 1.54) is 29.6 Å². The zero-order valence-electron chi connectivity index (χ0n) is 18.7. The molecule has 0 radical (unpaired) electrons. The maximum atomic E-state index is 12.9. The van der Waals surface area contributed by atoms with Crippen molar-refractivity contribution in [1.82, 2.24) is 19.9 Å². The number of nitro benzene ring substituents is 1. The van der Waals surface area contributed by atoms with Crippen LogP contribution < -0.4 is 16.4 Å². The van der Waals surface area contributed by atoms with Gasteiger partial charge in [0.15, 0.2) is 17.1 Å². The quantitative estimate of drug-likeness (QED) is 0.0456. The summed E-state index contributed by atoms with van der Waals surface area (Å²) < 4.78 is 38.8. The number of aromatic nitrogens is 1. The summed E-state index contributed by atoms with van der Waals surface area (Å²) in [4.78, 5) is 55.4. The number of nitrogens with zero attached hydrogens (tertiary/aromatic N) is 4. The van der Waals surface area contributed by atoms with Crippen molar-refractivity contribution >= 4 is 56.4 Å². The molecular weight excluding hydrogens is 538 g/mol. The van der Waals surface area contributed by atoms with E-state index in [9.17, 15) is 37.5 Å². The molecule has 3 amide bonds. The average molecular weight is 558 g/mol. The van der Waals surface area contributed by atoms with E-state index in [1.54, 1.807) is 0 Å². The van der Waals surface area contributed by atoms with Crippen molar-refractivity contribution in [3.05, 3.63) is 51.0 Å². The molecular formula is C18H19N7O10S2. The number of carbonyl (C=O) groups is 3. The number of hydrogen-bond acceptors (Lipinski definition) is 13. The predicted octanol–water partition coefficient (Wildman–Crippen LogP) is -1.23. The van der Waals surface area contributed by atoms with Crippen molar-refractivity contribution in [3.63, 3.8) is 0 Å². The highest BCUT2D eigenvalue weighted by Crippen LogP contribution is 2.28. The summed E-state index contributed by atoms with van der Waals surface area (Å²) >= 11 is 0.994. The first-order valence-electron chi connectivity index (χ1n) is 9.96. The van der Waals surface area contributed by atoms with E-state index in [1.807, 2.05) is 0 Å². The van der Waals surface area contributed by atoms with Gasteiger partial charge in [0.05, 0.1) is 11.5 Å². The number of anilines is 1. The molecule has 1 aliphatic rings. The molecule has 1 aliphatic heterocycles. The minimum absolute atomic E-state index is 0.00814. The zero-order valence-corrected chi connectivity index (χ0v) is 20.3. The van der Waals surface area contributed by atoms with E-state index >= 15 is 0 Å². The Labute approximate surface area is 212 Å². The summed E-state index contributed by atoms with van der Waals surface area (Å²) in [6, 6.07) is 1.87. The van der Waals surface area contributed by atoms with Gasteiger partial charge < -0.3 is 25.9 Å². The molecule has 3 rings (SSSR count). The number of nitrogen functional groups attached to an aromatic ring is 1. The summed E-state index contributed by atoms with van der Waals surface area (Å²) in [6.45, 7) is -0.303. The smallest absolute Gasteiger partial charge is 0.362 e. The SMILES string of the molecule is CO/N=C(\C(=O)NC1C(=O)N(S(=O)(=O)O)C1C(NC=O)OCc1ccc([N+](=O)[O-])cc1)c1csc(N)n1. The Hall–Kier alpha value is -4.20. The standard InChI is InChI=1S/C18H19N7O10S2/c1-34-23-12(11-7-36-18(19)21-11)15(27)22-13-14(24(17(13)28)37(31,32)33)16(20-8-26)35-6-9-2-4-10(5-3-9)25(29)30/h2-5,7-8,13-14,16H,6H2,1H3,(H2,19,21)(H,20,26)(H,22,27)(H,31,32,33)/b23-12-. The molecule has 1 aromatic heterocycles. The molecule has 2 heterocycles. The first-order chi connectivity index (χ1) is 17.5. The van der Waals surface area contributed by atoms with E-state index in [0.29, 0.717) is 5.56 Å². The van der Waals surface area contributed by atoms with Gasteiger partial charge in [-0.05, 0) is 17.7 Å². The highest BCUT2D eigenvalue weighted by atomic mass is 32.2. The topological polar surface area (TPSA) is 246 Å². The van der Waals surface area contributed by atoms with E-state index in [-0.39, 0.29) is 39.5 Å². The Kier molecular flexibility index (Phi) is 8.32. The molecule has 17 nitrogen and oxygen atoms in total. The maximum Gasteiger partial charge on any atom is 0.362 e. The summed E-state index contributed by atoms with van der Waals surface area (Å²) in [5.41, 5.74) is 5.39. The first-order valence-corrected chi connectivity index (χ1v) is 12.2. The normalized spacial score (nSPS) is 18.5. The number of benzene rings is 1. The molecule has 3 atom stereocenters. The fraction of sp³-hybridized carbons (Fsp3) is 0.278. The van der Waals surface area contributed by atoms with Gasteiger partial charge in [-0.15, -0.1) is 11.3 Å². The highest BCUT2D eigenvalue weighted by Gasteiger charge is 2.58. The highest BCUT2D eigenvalue weighted by molar-refractivity contribution is 7.84. The van der Waals surface area contributed by atoms with Crippen LogP contribution in [0.1, 0.15) is 11.3 Å². The summed E-state index contributed by atoms with van der Waals surface area (Å²) in [7, 11) is -3.99. The minimum Gasteiger partial charge on any atom is -0.398 e. The minimum atomic E-state index is -5.13. The Morgan fingerprint density at radius 3 is 2.62 bits per heavy atom. The number of thiazole rings is 1. The molecule has 19 heteroatoms. The van der Waals surface area contributed by atoms with E-state index in [0.717, 1.165) is 18.4 Å². The third-order valence-electron chi connectivity index (χ3n) is 4.91. The second-order valence-corrected chi connectivity index (χ2v) is 9.37. The monoisotopic (exact) mass is 557 g/mol. The van der Waals surface area contributed by atoms with Crippen molar-refractivity contribution in [2.45, 2.75) is 24.9 Å². The maximum absolute atomic E-state index is 12.9. The third kappa shape index (κ3) is 6.14. The van der Waals surface area contributed by atoms with Crippen molar-refractivity contribution in [2.24, 2.45) is 5.16 Å². The van der Waals surface area contributed by atoms with Gasteiger partial charge in [0.1, 0.15) is 24.9 Å². The number of carbonyl (C=O) groups excluding carboxylic acids is 3. The number of amides is 3. The molecule has 3 unspecified atom stereocenters. The number of hydrogen-bond donors (Lipinski definition) is 4. The predicted molar refractivity (Wildman–Crippen MR) is 125 cm³/mol. The van der Waals surface area contributed by atoms with Gasteiger partial charge in [0, 0.05) is 17.5 Å². The van der Waals surface area contributed by atoms with Crippen LogP contribution in [0.25, 0.3) is 0 Å². The Balaban J connectivity index is 1.85. The van der Waals surface area contributed by atoms with E-state index < -0.39 is 45.4 Å². The lowest BCUT2D eigenvalue weighted by molar-refractivity contribution is -0.384. The lowest BCUT2D eigenvalue weighted by atomic mass is 9.96. The molecule has 5 N–H and O–H groups in total.